The fourth-order valence-electron chi connectivity index (χ4n) is 7.91. The number of rotatable bonds is 11. The first-order valence-corrected chi connectivity index (χ1v) is 18.2. The Morgan fingerprint density at radius 1 is 0.920 bits per heavy atom. The fraction of sp³-hybridized carbons (Fsp3) is 0.500. The number of nitrogens with zero attached hydrogens (tertiary/aromatic N) is 1. The molecule has 7 rings (SSSR count). The van der Waals surface area contributed by atoms with Crippen molar-refractivity contribution in [3.63, 3.8) is 0 Å². The number of hydrogen-bond donors (Lipinski definition) is 3. The summed E-state index contributed by atoms with van der Waals surface area (Å²) in [6, 6.07) is 19.3. The minimum Gasteiger partial charge on any atom is -0.404 e. The summed E-state index contributed by atoms with van der Waals surface area (Å²) in [6.07, 6.45) is 4.24. The summed E-state index contributed by atoms with van der Waals surface area (Å²) in [6.45, 7) is 16.8. The van der Waals surface area contributed by atoms with E-state index in [9.17, 15) is 14.4 Å². The summed E-state index contributed by atoms with van der Waals surface area (Å²) in [5.74, 6) is -0.523. The largest absolute Gasteiger partial charge is 0.481 e. The molecule has 3 aliphatic carbocycles. The number of benzene rings is 2. The number of amides is 3. The van der Waals surface area contributed by atoms with E-state index in [0.717, 1.165) is 29.5 Å². The topological polar surface area (TPSA) is 119 Å². The zero-order valence-electron chi connectivity index (χ0n) is 30.8. The Morgan fingerprint density at radius 3 is 2.28 bits per heavy atom. The highest BCUT2D eigenvalue weighted by Gasteiger charge is 2.68. The quantitative estimate of drug-likeness (QED) is 0.202. The zero-order chi connectivity index (χ0) is 36.2. The first kappa shape index (κ1) is 37.2. The predicted octanol–water partition coefficient (Wildman–Crippen LogP) is 6.41. The van der Waals surface area contributed by atoms with Crippen molar-refractivity contribution in [2.75, 3.05) is 6.54 Å². The van der Waals surface area contributed by atoms with E-state index in [1.165, 1.54) is 0 Å². The highest BCUT2D eigenvalue weighted by Crippen LogP contribution is 2.65. The molecule has 2 heterocycles. The maximum Gasteiger partial charge on any atom is 0.481 e. The van der Waals surface area contributed by atoms with Gasteiger partial charge in [-0.2, -0.15) is 0 Å². The standard InChI is InChI=1S/C38H47BN4O5.C2H6/c1-23(2)18-33(39-47-32-21-28-20-31(37(28,4)5)38(32,6)48-39)43-36(46)30(22-41-34(44)26-14-12-24(3)13-15-26)42-35(45)29-19-27(16-17-40-29)25-10-8-7-9-11-25;1-2/h7-17,19,23,28,30-33H,18,20-22H2,1-6H3,(H,41,44)(H,42,45)(H,43,46);1-2H3/t28?,30-,31?,32?,33?,38-;/m0./s1. The second kappa shape index (κ2) is 15.5. The van der Waals surface area contributed by atoms with Crippen LogP contribution in [0.25, 0.3) is 11.1 Å². The Kier molecular flexibility index (Phi) is 11.5. The molecule has 10 heteroatoms. The van der Waals surface area contributed by atoms with E-state index in [0.29, 0.717) is 23.8 Å². The van der Waals surface area contributed by atoms with Crippen molar-refractivity contribution in [1.29, 1.82) is 0 Å². The molecule has 1 aromatic heterocycles. The van der Waals surface area contributed by atoms with Gasteiger partial charge in [0.1, 0.15) is 11.7 Å². The number of nitrogens with one attached hydrogen (secondary N) is 3. The van der Waals surface area contributed by atoms with Gasteiger partial charge in [-0.25, -0.2) is 0 Å². The molecule has 50 heavy (non-hydrogen) atoms. The van der Waals surface area contributed by atoms with Crippen LogP contribution in [0.3, 0.4) is 0 Å². The molecule has 3 saturated carbocycles. The van der Waals surface area contributed by atoms with Crippen molar-refractivity contribution in [3.8, 4) is 11.1 Å². The van der Waals surface area contributed by atoms with Crippen LogP contribution in [0.2, 0.25) is 0 Å². The highest BCUT2D eigenvalue weighted by atomic mass is 16.7. The molecule has 3 aromatic rings. The number of carbonyl (C=O) groups is 3. The molecule has 6 atom stereocenters. The maximum absolute atomic E-state index is 14.1. The number of carbonyl (C=O) groups excluding carboxylic acids is 3. The van der Waals surface area contributed by atoms with Gasteiger partial charge in [0.2, 0.25) is 5.91 Å². The minimum atomic E-state index is -1.09. The van der Waals surface area contributed by atoms with Gasteiger partial charge in [-0.05, 0) is 91.7 Å². The lowest BCUT2D eigenvalue weighted by atomic mass is 9.43. The average Bonchev–Trinajstić information content (AvgIpc) is 3.48. The normalized spacial score (nSPS) is 24.1. The Bertz CT molecular complexity index is 1650. The number of hydrogen-bond acceptors (Lipinski definition) is 6. The van der Waals surface area contributed by atoms with Crippen molar-refractivity contribution in [2.45, 2.75) is 98.3 Å². The van der Waals surface area contributed by atoms with Gasteiger partial charge in [-0.3, -0.25) is 19.4 Å². The zero-order valence-corrected chi connectivity index (χ0v) is 30.8. The Morgan fingerprint density at radius 2 is 1.62 bits per heavy atom. The molecule has 4 fully saturated rings. The Labute approximate surface area is 297 Å². The van der Waals surface area contributed by atoms with Gasteiger partial charge in [-0.15, -0.1) is 0 Å². The first-order valence-electron chi connectivity index (χ1n) is 18.2. The van der Waals surface area contributed by atoms with E-state index in [4.69, 9.17) is 9.31 Å². The van der Waals surface area contributed by atoms with E-state index in [-0.39, 0.29) is 35.6 Å². The minimum absolute atomic E-state index is 0.0295. The SMILES string of the molecule is CC.Cc1ccc(C(=O)NC[C@H](NC(=O)c2cc(-c3ccccc3)ccn2)C(=O)NC(CC(C)C)B2OC3CC4CC(C4(C)C)[C@]3(C)O2)cc1. The second-order valence-electron chi connectivity index (χ2n) is 15.0. The Balaban J connectivity index is 0.00000239. The van der Waals surface area contributed by atoms with Crippen molar-refractivity contribution in [2.24, 2.45) is 23.2 Å². The third kappa shape index (κ3) is 7.81. The van der Waals surface area contributed by atoms with Gasteiger partial charge in [0, 0.05) is 18.3 Å². The molecular weight excluding hydrogens is 627 g/mol. The summed E-state index contributed by atoms with van der Waals surface area (Å²) >= 11 is 0. The molecule has 3 amide bonds. The van der Waals surface area contributed by atoms with Crippen molar-refractivity contribution in [3.05, 3.63) is 89.7 Å². The smallest absolute Gasteiger partial charge is 0.404 e. The molecule has 2 aromatic carbocycles. The monoisotopic (exact) mass is 680 g/mol. The van der Waals surface area contributed by atoms with E-state index in [2.05, 4.69) is 55.6 Å². The first-order chi connectivity index (χ1) is 23.8. The van der Waals surface area contributed by atoms with Crippen LogP contribution < -0.4 is 16.0 Å². The molecule has 266 valence electrons. The molecule has 1 aliphatic heterocycles. The van der Waals surface area contributed by atoms with Gasteiger partial charge in [-0.1, -0.05) is 89.6 Å². The van der Waals surface area contributed by atoms with Crippen LogP contribution in [0.5, 0.6) is 0 Å². The average molecular weight is 681 g/mol. The fourth-order valence-corrected chi connectivity index (χ4v) is 7.91. The molecule has 0 spiro atoms. The van der Waals surface area contributed by atoms with E-state index in [1.807, 2.05) is 69.3 Å². The molecule has 3 N–H and O–H groups in total. The number of aromatic nitrogens is 1. The van der Waals surface area contributed by atoms with Crippen LogP contribution in [-0.4, -0.2) is 60.1 Å². The predicted molar refractivity (Wildman–Crippen MR) is 197 cm³/mol. The maximum atomic E-state index is 14.1. The van der Waals surface area contributed by atoms with Crippen LogP contribution in [-0.2, 0) is 14.1 Å². The van der Waals surface area contributed by atoms with Gasteiger partial charge >= 0.3 is 7.12 Å². The summed E-state index contributed by atoms with van der Waals surface area (Å²) in [7, 11) is -0.621. The molecule has 4 unspecified atom stereocenters. The molecule has 1 saturated heterocycles. The second-order valence-corrected chi connectivity index (χ2v) is 15.0. The molecule has 4 aliphatic rings. The lowest BCUT2D eigenvalue weighted by Gasteiger charge is -2.64. The summed E-state index contributed by atoms with van der Waals surface area (Å²) in [5.41, 5.74) is 3.20. The molecular formula is C40H53BN4O5. The number of pyridine rings is 1. The summed E-state index contributed by atoms with van der Waals surface area (Å²) in [5, 5.41) is 8.85. The molecule has 0 radical (unpaired) electrons. The van der Waals surface area contributed by atoms with Gasteiger partial charge < -0.3 is 25.3 Å². The molecule has 9 nitrogen and oxygen atoms in total. The van der Waals surface area contributed by atoms with Gasteiger partial charge in [0.25, 0.3) is 11.8 Å². The Hall–Kier alpha value is -4.02. The van der Waals surface area contributed by atoms with E-state index < -0.39 is 36.5 Å². The van der Waals surface area contributed by atoms with Crippen molar-refractivity contribution < 1.29 is 23.7 Å². The van der Waals surface area contributed by atoms with Crippen LogP contribution in [0, 0.1) is 30.1 Å². The third-order valence-corrected chi connectivity index (χ3v) is 10.9. The third-order valence-electron chi connectivity index (χ3n) is 10.9. The van der Waals surface area contributed by atoms with E-state index >= 15 is 0 Å². The van der Waals surface area contributed by atoms with Crippen LogP contribution in [0.4, 0.5) is 0 Å². The van der Waals surface area contributed by atoms with Crippen LogP contribution in [0.15, 0.2) is 72.9 Å². The van der Waals surface area contributed by atoms with Crippen LogP contribution in [0.1, 0.15) is 94.1 Å². The van der Waals surface area contributed by atoms with Crippen molar-refractivity contribution >= 4 is 24.8 Å². The molecule has 2 bridgehead atoms. The highest BCUT2D eigenvalue weighted by molar-refractivity contribution is 6.48. The van der Waals surface area contributed by atoms with Gasteiger partial charge in [0.05, 0.1) is 17.6 Å². The van der Waals surface area contributed by atoms with E-state index in [1.54, 1.807) is 24.4 Å². The summed E-state index contributed by atoms with van der Waals surface area (Å²) < 4.78 is 13.3. The van der Waals surface area contributed by atoms with Crippen LogP contribution >= 0.6 is 0 Å². The lowest BCUT2D eigenvalue weighted by molar-refractivity contribution is -0.199. The van der Waals surface area contributed by atoms with Crippen molar-refractivity contribution in [1.82, 2.24) is 20.9 Å². The lowest BCUT2D eigenvalue weighted by Crippen LogP contribution is -2.65. The van der Waals surface area contributed by atoms with Gasteiger partial charge in [0.15, 0.2) is 0 Å². The number of aryl methyl sites for hydroxylation is 1. The summed E-state index contributed by atoms with van der Waals surface area (Å²) in [4.78, 5) is 45.1.